The quantitative estimate of drug-likeness (QED) is 0.498. The number of ether oxygens (including phenoxy) is 3. The van der Waals surface area contributed by atoms with Crippen LogP contribution in [0.1, 0.15) is 28.8 Å². The zero-order chi connectivity index (χ0) is 19.4. The Morgan fingerprint density at radius 2 is 1.44 bits per heavy atom. The van der Waals surface area contributed by atoms with Gasteiger partial charge in [0.2, 0.25) is 0 Å². The summed E-state index contributed by atoms with van der Waals surface area (Å²) in [7, 11) is 2.95. The summed E-state index contributed by atoms with van der Waals surface area (Å²) in [5.41, 5.74) is 1.26. The molecule has 0 bridgehead atoms. The Morgan fingerprint density at radius 1 is 0.815 bits per heavy atom. The van der Waals surface area contributed by atoms with Crippen molar-refractivity contribution in [3.63, 3.8) is 0 Å². The number of hydrogen-bond donors (Lipinski definition) is 0. The standard InChI is InChI=1S/C22H20O5/c1-14(16-4-5-18-13-20(25-2)11-8-17(18)12-16)21(23)27-19-9-6-15(7-10-19)22(24)26-3/h4-14H,1-3H3/t14-/m0/s1. The molecule has 27 heavy (non-hydrogen) atoms. The van der Waals surface area contributed by atoms with Crippen LogP contribution in [0.4, 0.5) is 0 Å². The molecule has 3 rings (SSSR count). The van der Waals surface area contributed by atoms with Crippen LogP contribution in [0, 0.1) is 0 Å². The minimum Gasteiger partial charge on any atom is -0.497 e. The number of carbonyl (C=O) groups excluding carboxylic acids is 2. The highest BCUT2D eigenvalue weighted by atomic mass is 16.5. The van der Waals surface area contributed by atoms with Gasteiger partial charge in [0.1, 0.15) is 11.5 Å². The zero-order valence-electron chi connectivity index (χ0n) is 15.4. The van der Waals surface area contributed by atoms with E-state index in [-0.39, 0.29) is 5.97 Å². The fraction of sp³-hybridized carbons (Fsp3) is 0.182. The van der Waals surface area contributed by atoms with E-state index < -0.39 is 11.9 Å². The number of rotatable bonds is 5. The molecule has 0 aromatic heterocycles. The van der Waals surface area contributed by atoms with Gasteiger partial charge < -0.3 is 14.2 Å². The molecule has 3 aromatic rings. The Hall–Kier alpha value is -3.34. The Bertz CT molecular complexity index is 976. The second-order valence-electron chi connectivity index (χ2n) is 6.13. The maximum Gasteiger partial charge on any atom is 0.337 e. The molecular formula is C22H20O5. The maximum atomic E-state index is 12.5. The van der Waals surface area contributed by atoms with Gasteiger partial charge in [0, 0.05) is 0 Å². The first-order valence-corrected chi connectivity index (χ1v) is 8.49. The van der Waals surface area contributed by atoms with Gasteiger partial charge in [0.25, 0.3) is 0 Å². The average Bonchev–Trinajstić information content (AvgIpc) is 2.72. The summed E-state index contributed by atoms with van der Waals surface area (Å²) in [5, 5.41) is 2.06. The maximum absolute atomic E-state index is 12.5. The number of esters is 2. The van der Waals surface area contributed by atoms with Crippen molar-refractivity contribution >= 4 is 22.7 Å². The monoisotopic (exact) mass is 364 g/mol. The molecule has 0 aliphatic heterocycles. The van der Waals surface area contributed by atoms with Crippen molar-refractivity contribution in [1.29, 1.82) is 0 Å². The molecule has 1 atom stereocenters. The van der Waals surface area contributed by atoms with Crippen LogP contribution in [0.2, 0.25) is 0 Å². The Morgan fingerprint density at radius 3 is 2.11 bits per heavy atom. The lowest BCUT2D eigenvalue weighted by Crippen LogP contribution is -2.16. The molecule has 0 aliphatic carbocycles. The fourth-order valence-corrected chi connectivity index (χ4v) is 2.76. The van der Waals surface area contributed by atoms with Gasteiger partial charge in [-0.2, -0.15) is 0 Å². The topological polar surface area (TPSA) is 61.8 Å². The normalized spacial score (nSPS) is 11.7. The second kappa shape index (κ2) is 7.91. The third-order valence-corrected chi connectivity index (χ3v) is 4.42. The largest absolute Gasteiger partial charge is 0.497 e. The first kappa shape index (κ1) is 18.5. The van der Waals surface area contributed by atoms with Crippen molar-refractivity contribution < 1.29 is 23.8 Å². The van der Waals surface area contributed by atoms with Crippen LogP contribution >= 0.6 is 0 Å². The van der Waals surface area contributed by atoms with E-state index in [1.807, 2.05) is 36.4 Å². The fourth-order valence-electron chi connectivity index (χ4n) is 2.76. The summed E-state index contributed by atoms with van der Waals surface area (Å²) in [6.45, 7) is 1.80. The van der Waals surface area contributed by atoms with Crippen molar-refractivity contribution in [2.45, 2.75) is 12.8 Å². The van der Waals surface area contributed by atoms with Crippen molar-refractivity contribution in [1.82, 2.24) is 0 Å². The zero-order valence-corrected chi connectivity index (χ0v) is 15.4. The average molecular weight is 364 g/mol. The van der Waals surface area contributed by atoms with Crippen molar-refractivity contribution in [2.75, 3.05) is 14.2 Å². The van der Waals surface area contributed by atoms with Gasteiger partial charge in [-0.25, -0.2) is 4.79 Å². The number of benzene rings is 3. The van der Waals surface area contributed by atoms with Crippen LogP contribution in [0.3, 0.4) is 0 Å². The molecule has 138 valence electrons. The predicted molar refractivity (Wildman–Crippen MR) is 102 cm³/mol. The van der Waals surface area contributed by atoms with E-state index in [0.717, 1.165) is 22.1 Å². The second-order valence-corrected chi connectivity index (χ2v) is 6.13. The molecular weight excluding hydrogens is 344 g/mol. The van der Waals surface area contributed by atoms with Crippen molar-refractivity contribution in [3.8, 4) is 11.5 Å². The lowest BCUT2D eigenvalue weighted by Gasteiger charge is -2.13. The molecule has 0 N–H and O–H groups in total. The van der Waals surface area contributed by atoms with Gasteiger partial charge in [0.05, 0.1) is 25.7 Å². The van der Waals surface area contributed by atoms with E-state index in [1.54, 1.807) is 38.3 Å². The molecule has 0 unspecified atom stereocenters. The van der Waals surface area contributed by atoms with Gasteiger partial charge >= 0.3 is 11.9 Å². The van der Waals surface area contributed by atoms with Gasteiger partial charge in [-0.15, -0.1) is 0 Å². The summed E-state index contributed by atoms with van der Waals surface area (Å²) >= 11 is 0. The minimum atomic E-state index is -0.436. The van der Waals surface area contributed by atoms with E-state index in [0.29, 0.717) is 11.3 Å². The van der Waals surface area contributed by atoms with Gasteiger partial charge in [-0.05, 0) is 59.7 Å². The highest BCUT2D eigenvalue weighted by Gasteiger charge is 2.18. The molecule has 0 aliphatic rings. The van der Waals surface area contributed by atoms with Crippen LogP contribution in [-0.4, -0.2) is 26.2 Å². The van der Waals surface area contributed by atoms with E-state index in [9.17, 15) is 9.59 Å². The summed E-state index contributed by atoms with van der Waals surface area (Å²) < 4.78 is 15.3. The SMILES string of the molecule is COC(=O)c1ccc(OC(=O)[C@@H](C)c2ccc3cc(OC)ccc3c2)cc1. The highest BCUT2D eigenvalue weighted by Crippen LogP contribution is 2.26. The summed E-state index contributed by atoms with van der Waals surface area (Å²) in [6, 6.07) is 17.9. The summed E-state index contributed by atoms with van der Waals surface area (Å²) in [6.07, 6.45) is 0. The van der Waals surface area contributed by atoms with E-state index in [2.05, 4.69) is 4.74 Å². The lowest BCUT2D eigenvalue weighted by atomic mass is 9.98. The Balaban J connectivity index is 1.74. The Kier molecular flexibility index (Phi) is 5.41. The van der Waals surface area contributed by atoms with Gasteiger partial charge in [-0.3, -0.25) is 4.79 Å². The van der Waals surface area contributed by atoms with E-state index in [1.165, 1.54) is 7.11 Å². The van der Waals surface area contributed by atoms with Crippen LogP contribution in [0.15, 0.2) is 60.7 Å². The Labute approximate surface area is 157 Å². The van der Waals surface area contributed by atoms with Crippen LogP contribution in [0.5, 0.6) is 11.5 Å². The number of methoxy groups -OCH3 is 2. The first-order chi connectivity index (χ1) is 13.0. The van der Waals surface area contributed by atoms with E-state index in [4.69, 9.17) is 9.47 Å². The molecule has 0 heterocycles. The van der Waals surface area contributed by atoms with Crippen LogP contribution < -0.4 is 9.47 Å². The lowest BCUT2D eigenvalue weighted by molar-refractivity contribution is -0.135. The molecule has 0 amide bonds. The molecule has 5 heteroatoms. The number of fused-ring (bicyclic) bond motifs is 1. The van der Waals surface area contributed by atoms with Gasteiger partial charge in [0.15, 0.2) is 0 Å². The van der Waals surface area contributed by atoms with E-state index >= 15 is 0 Å². The molecule has 5 nitrogen and oxygen atoms in total. The third kappa shape index (κ3) is 4.08. The molecule has 0 radical (unpaired) electrons. The third-order valence-electron chi connectivity index (χ3n) is 4.42. The van der Waals surface area contributed by atoms with Crippen molar-refractivity contribution in [3.05, 3.63) is 71.8 Å². The molecule has 0 fully saturated rings. The van der Waals surface area contributed by atoms with Crippen LogP contribution in [0.25, 0.3) is 10.8 Å². The molecule has 3 aromatic carbocycles. The minimum absolute atomic E-state index is 0.367. The summed E-state index contributed by atoms with van der Waals surface area (Å²) in [4.78, 5) is 23.9. The van der Waals surface area contributed by atoms with Crippen LogP contribution in [-0.2, 0) is 9.53 Å². The molecule has 0 spiro atoms. The summed E-state index contributed by atoms with van der Waals surface area (Å²) in [5.74, 6) is -0.0670. The van der Waals surface area contributed by atoms with Crippen molar-refractivity contribution in [2.24, 2.45) is 0 Å². The molecule has 0 saturated heterocycles. The first-order valence-electron chi connectivity index (χ1n) is 8.49. The predicted octanol–water partition coefficient (Wildman–Crippen LogP) is 4.34. The number of hydrogen-bond acceptors (Lipinski definition) is 5. The smallest absolute Gasteiger partial charge is 0.337 e. The highest BCUT2D eigenvalue weighted by molar-refractivity contribution is 5.90. The van der Waals surface area contributed by atoms with Gasteiger partial charge in [-0.1, -0.05) is 24.3 Å². The number of carbonyl (C=O) groups is 2. The molecule has 0 saturated carbocycles.